The number of carbonyl (C=O) groups excluding carboxylic acids is 6. The third-order valence-electron chi connectivity index (χ3n) is 9.24. The Hall–Kier alpha value is -4.41. The predicted octanol–water partition coefficient (Wildman–Crippen LogP) is 5.19. The van der Waals surface area contributed by atoms with Gasteiger partial charge in [-0.25, -0.2) is 4.79 Å². The SMILES string of the molecule is CCCC[C@H](NC(=O)/C=C(/C)c1ccc(C(F)(F)P(=O)(OCOC(=O)C(C)(C)C)OCOC(=O)C(C)(C)C)cc1)C(=O)N1C[C@H]2C[C@H]2[C@H]1C(=O)NCCOC(N)=O. The number of likely N-dealkylation sites (tertiary alicyclic amines) is 1. The van der Waals surface area contributed by atoms with E-state index in [1.807, 2.05) is 6.92 Å². The second kappa shape index (κ2) is 19.4. The summed E-state index contributed by atoms with van der Waals surface area (Å²) < 4.78 is 69.8. The average molecular weight is 829 g/mol. The Morgan fingerprint density at radius 1 is 0.947 bits per heavy atom. The number of carbonyl (C=O) groups is 6. The van der Waals surface area contributed by atoms with Gasteiger partial charge in [-0.15, -0.1) is 0 Å². The maximum Gasteiger partial charge on any atom is 0.410 e. The molecule has 1 saturated carbocycles. The molecule has 1 saturated heterocycles. The van der Waals surface area contributed by atoms with E-state index >= 15 is 8.78 Å². The molecule has 0 radical (unpaired) electrons. The molecule has 19 heteroatoms. The molecule has 3 rings (SSSR count). The van der Waals surface area contributed by atoms with Gasteiger partial charge in [0.1, 0.15) is 18.7 Å². The summed E-state index contributed by atoms with van der Waals surface area (Å²) in [5.41, 5.74) is -1.58. The number of hydrogen-bond donors (Lipinski definition) is 3. The molecule has 0 aromatic heterocycles. The van der Waals surface area contributed by atoms with E-state index in [0.717, 1.165) is 25.0 Å². The minimum atomic E-state index is -5.54. The number of rotatable bonds is 19. The van der Waals surface area contributed by atoms with Crippen LogP contribution in [0.2, 0.25) is 0 Å². The molecule has 1 aromatic carbocycles. The van der Waals surface area contributed by atoms with Crippen LogP contribution >= 0.6 is 7.60 Å². The Morgan fingerprint density at radius 2 is 1.51 bits per heavy atom. The lowest BCUT2D eigenvalue weighted by Gasteiger charge is -2.30. The highest BCUT2D eigenvalue weighted by Crippen LogP contribution is 2.67. The second-order valence-corrected chi connectivity index (χ2v) is 18.1. The molecular weight excluding hydrogens is 773 g/mol. The van der Waals surface area contributed by atoms with Crippen molar-refractivity contribution in [1.82, 2.24) is 15.5 Å². The monoisotopic (exact) mass is 828 g/mol. The summed E-state index contributed by atoms with van der Waals surface area (Å²) in [7, 11) is -5.54. The van der Waals surface area contributed by atoms with E-state index in [-0.39, 0.29) is 25.0 Å². The molecule has 16 nitrogen and oxygen atoms in total. The van der Waals surface area contributed by atoms with E-state index < -0.39 is 91.1 Å². The number of primary amides is 1. The molecule has 2 fully saturated rings. The minimum absolute atomic E-state index is 0.0147. The van der Waals surface area contributed by atoms with Crippen molar-refractivity contribution in [3.8, 4) is 0 Å². The van der Waals surface area contributed by atoms with Crippen LogP contribution in [-0.4, -0.2) is 86.0 Å². The number of nitrogens with two attached hydrogens (primary N) is 1. The highest BCUT2D eigenvalue weighted by atomic mass is 31.2. The normalized spacial score (nSPS) is 18.9. The first-order valence-electron chi connectivity index (χ1n) is 18.6. The number of halogens is 2. The first kappa shape index (κ1) is 47.0. The fraction of sp³-hybridized carbons (Fsp3) is 0.632. The minimum Gasteiger partial charge on any atom is -0.448 e. The van der Waals surface area contributed by atoms with Gasteiger partial charge in [-0.2, -0.15) is 8.78 Å². The quantitative estimate of drug-likeness (QED) is 0.0410. The van der Waals surface area contributed by atoms with Crippen LogP contribution in [-0.2, 0) is 57.5 Å². The molecule has 1 heterocycles. The van der Waals surface area contributed by atoms with E-state index in [1.165, 1.54) is 64.7 Å². The summed E-state index contributed by atoms with van der Waals surface area (Å²) in [6.45, 7) is 10.5. The van der Waals surface area contributed by atoms with Crippen molar-refractivity contribution in [2.45, 2.75) is 98.8 Å². The van der Waals surface area contributed by atoms with Crippen LogP contribution in [0.25, 0.3) is 5.57 Å². The van der Waals surface area contributed by atoms with Gasteiger partial charge in [0.25, 0.3) is 0 Å². The summed E-state index contributed by atoms with van der Waals surface area (Å²) in [5, 5.41) is 5.41. The molecule has 0 spiro atoms. The number of esters is 2. The Bertz CT molecular complexity index is 1690. The lowest BCUT2D eigenvalue weighted by Crippen LogP contribution is -2.55. The first-order valence-corrected chi connectivity index (χ1v) is 20.2. The van der Waals surface area contributed by atoms with Crippen molar-refractivity contribution in [3.05, 3.63) is 41.5 Å². The van der Waals surface area contributed by atoms with Gasteiger partial charge in [-0.05, 0) is 84.3 Å². The van der Waals surface area contributed by atoms with Gasteiger partial charge in [0.05, 0.1) is 17.4 Å². The Morgan fingerprint density at radius 3 is 2.02 bits per heavy atom. The van der Waals surface area contributed by atoms with Crippen LogP contribution in [0.1, 0.15) is 92.2 Å². The zero-order valence-corrected chi connectivity index (χ0v) is 34.6. The number of alkyl halides is 2. The Kier molecular flexibility index (Phi) is 16.0. The van der Waals surface area contributed by atoms with Crippen molar-refractivity contribution in [2.24, 2.45) is 28.4 Å². The van der Waals surface area contributed by atoms with E-state index in [4.69, 9.17) is 24.3 Å². The highest BCUT2D eigenvalue weighted by Gasteiger charge is 2.58. The van der Waals surface area contributed by atoms with Crippen LogP contribution in [0.5, 0.6) is 0 Å². The van der Waals surface area contributed by atoms with E-state index in [9.17, 15) is 33.3 Å². The number of fused-ring (bicyclic) bond motifs is 1. The fourth-order valence-electron chi connectivity index (χ4n) is 5.84. The maximum atomic E-state index is 16.0. The lowest BCUT2D eigenvalue weighted by atomic mass is 9.98. The summed E-state index contributed by atoms with van der Waals surface area (Å²) in [4.78, 5) is 76.8. The number of ether oxygens (including phenoxy) is 3. The number of nitrogens with one attached hydrogen (secondary N) is 2. The van der Waals surface area contributed by atoms with Gasteiger partial charge in [-0.3, -0.25) is 37.6 Å². The van der Waals surface area contributed by atoms with Crippen molar-refractivity contribution < 1.29 is 65.4 Å². The molecular formula is C38H55F2N4O12P. The van der Waals surface area contributed by atoms with Gasteiger partial charge in [-0.1, -0.05) is 44.0 Å². The van der Waals surface area contributed by atoms with E-state index in [1.54, 1.807) is 6.92 Å². The number of piperidine rings is 1. The summed E-state index contributed by atoms with van der Waals surface area (Å²) in [6, 6.07) is 2.70. The Labute approximate surface area is 331 Å². The highest BCUT2D eigenvalue weighted by molar-refractivity contribution is 7.54. The first-order chi connectivity index (χ1) is 26.4. The van der Waals surface area contributed by atoms with Crippen molar-refractivity contribution in [2.75, 3.05) is 33.3 Å². The van der Waals surface area contributed by atoms with Crippen LogP contribution in [0.3, 0.4) is 0 Å². The van der Waals surface area contributed by atoms with Gasteiger partial charge < -0.3 is 35.5 Å². The van der Waals surface area contributed by atoms with Crippen LogP contribution in [0, 0.1) is 22.7 Å². The number of allylic oxidation sites excluding steroid dienone is 1. The van der Waals surface area contributed by atoms with Crippen molar-refractivity contribution in [1.29, 1.82) is 0 Å². The number of hydrogen-bond acceptors (Lipinski definition) is 12. The molecule has 57 heavy (non-hydrogen) atoms. The third-order valence-corrected chi connectivity index (χ3v) is 11.1. The predicted molar refractivity (Wildman–Crippen MR) is 202 cm³/mol. The largest absolute Gasteiger partial charge is 0.448 e. The molecule has 4 amide bonds. The molecule has 2 aliphatic rings. The second-order valence-electron chi connectivity index (χ2n) is 16.1. The van der Waals surface area contributed by atoms with Crippen LogP contribution in [0.4, 0.5) is 13.6 Å². The van der Waals surface area contributed by atoms with E-state index in [0.29, 0.717) is 30.5 Å². The average Bonchev–Trinajstić information content (AvgIpc) is 3.78. The topological polar surface area (TPSA) is 219 Å². The molecule has 0 bridgehead atoms. The van der Waals surface area contributed by atoms with Gasteiger partial charge in [0, 0.05) is 18.2 Å². The zero-order chi connectivity index (χ0) is 42.9. The molecule has 4 N–H and O–H groups in total. The van der Waals surface area contributed by atoms with Gasteiger partial charge in [0.15, 0.2) is 0 Å². The van der Waals surface area contributed by atoms with Gasteiger partial charge >= 0.3 is 31.3 Å². The summed E-state index contributed by atoms with van der Waals surface area (Å²) in [5.74, 6) is -2.94. The molecule has 318 valence electrons. The number of benzene rings is 1. The summed E-state index contributed by atoms with van der Waals surface area (Å²) >= 11 is 0. The number of amides is 4. The molecule has 1 aliphatic carbocycles. The van der Waals surface area contributed by atoms with Crippen LogP contribution < -0.4 is 16.4 Å². The Balaban J connectivity index is 1.75. The number of unbranched alkanes of at least 4 members (excludes halogenated alkanes) is 1. The summed E-state index contributed by atoms with van der Waals surface area (Å²) in [6.07, 6.45) is 2.65. The maximum absolute atomic E-state index is 16.0. The molecule has 1 aliphatic heterocycles. The van der Waals surface area contributed by atoms with Crippen molar-refractivity contribution in [3.63, 3.8) is 0 Å². The number of nitrogens with zero attached hydrogens (tertiary/aromatic N) is 1. The molecule has 0 unspecified atom stereocenters. The standard InChI is InChI=1S/C38H55F2N4O12P/c1-9-10-11-28(32(47)44-20-25-19-27(25)30(44)31(46)42-16-17-52-35(41)50)43-29(45)18-23(2)24-12-14-26(15-13-24)38(39,40)57(51,55-21-53-33(48)36(3,4)5)56-22-54-34(49)37(6,7)8/h12-15,18,25,27-28,30H,9-11,16-17,19-22H2,1-8H3,(H2,41,50)(H,42,46)(H,43,45)/b23-18-/t25-,27-,28+,30+/m1/s1. The molecule has 4 atom stereocenters. The third kappa shape index (κ3) is 12.8. The zero-order valence-electron chi connectivity index (χ0n) is 33.7. The smallest absolute Gasteiger partial charge is 0.410 e. The fourth-order valence-corrected chi connectivity index (χ4v) is 7.09. The van der Waals surface area contributed by atoms with E-state index in [2.05, 4.69) is 15.4 Å². The molecule has 1 aromatic rings. The van der Waals surface area contributed by atoms with Crippen molar-refractivity contribution >= 4 is 48.9 Å². The van der Waals surface area contributed by atoms with Gasteiger partial charge in [0.2, 0.25) is 31.3 Å². The lowest BCUT2D eigenvalue weighted by molar-refractivity contribution is -0.163. The van der Waals surface area contributed by atoms with Crippen LogP contribution in [0.15, 0.2) is 30.3 Å².